The summed E-state index contributed by atoms with van der Waals surface area (Å²) in [5, 5.41) is 15.2. The van der Waals surface area contributed by atoms with Crippen molar-refractivity contribution in [3.63, 3.8) is 0 Å². The number of hydrogen-bond acceptors (Lipinski definition) is 8. The number of hydrogen-bond donors (Lipinski definition) is 3. The molecule has 1 aliphatic heterocycles. The molecule has 3 N–H and O–H groups in total. The highest BCUT2D eigenvalue weighted by Gasteiger charge is 2.41. The lowest BCUT2D eigenvalue weighted by Crippen LogP contribution is -2.55. The molecular formula is C25H34N6O4. The first-order valence-corrected chi connectivity index (χ1v) is 12.3. The van der Waals surface area contributed by atoms with Gasteiger partial charge in [0, 0.05) is 25.2 Å². The molecule has 4 rings (SSSR count). The van der Waals surface area contributed by atoms with Crippen molar-refractivity contribution in [1.82, 2.24) is 15.3 Å². The number of carbonyl (C=O) groups excluding carboxylic acids is 2. The van der Waals surface area contributed by atoms with Crippen molar-refractivity contribution in [2.24, 2.45) is 0 Å². The third-order valence-electron chi connectivity index (χ3n) is 6.59. The molecule has 0 spiro atoms. The highest BCUT2D eigenvalue weighted by atomic mass is 16.5. The predicted octanol–water partition coefficient (Wildman–Crippen LogP) is 2.85. The molecule has 1 aliphatic carbocycles. The number of likely N-dealkylation sites (N-methyl/N-ethyl adjacent to an activating group) is 1. The summed E-state index contributed by atoms with van der Waals surface area (Å²) >= 11 is 0. The maximum atomic E-state index is 13.1. The summed E-state index contributed by atoms with van der Waals surface area (Å²) in [5.41, 5.74) is 1.72. The number of anilines is 4. The van der Waals surface area contributed by atoms with Gasteiger partial charge >= 0.3 is 0 Å². The first-order valence-electron chi connectivity index (χ1n) is 12.3. The quantitative estimate of drug-likeness (QED) is 0.499. The van der Waals surface area contributed by atoms with E-state index in [0.29, 0.717) is 41.6 Å². The maximum Gasteiger partial charge on any atom is 0.251 e. The third-order valence-corrected chi connectivity index (χ3v) is 6.59. The summed E-state index contributed by atoms with van der Waals surface area (Å²) in [6, 6.07) is 5.09. The van der Waals surface area contributed by atoms with Crippen LogP contribution in [0, 0.1) is 0 Å². The average molecular weight is 483 g/mol. The number of aliphatic hydroxyl groups excluding tert-OH is 1. The van der Waals surface area contributed by atoms with Crippen LogP contribution < -0.4 is 25.2 Å². The molecule has 188 valence electrons. The molecule has 10 nitrogen and oxygen atoms in total. The van der Waals surface area contributed by atoms with Gasteiger partial charge in [0.1, 0.15) is 24.1 Å². The van der Waals surface area contributed by atoms with Gasteiger partial charge in [0.15, 0.2) is 5.82 Å². The molecule has 0 saturated heterocycles. The van der Waals surface area contributed by atoms with E-state index >= 15 is 0 Å². The van der Waals surface area contributed by atoms with E-state index < -0.39 is 0 Å². The monoisotopic (exact) mass is 482 g/mol. The molecule has 0 bridgehead atoms. The SMILES string of the molecule is CCNC(=O)c1ccc(Nc2ncc3c(n2)N(C2CCCC2)[C@H](CC)C(=O)N3C)c(OCCO)c1. The lowest BCUT2D eigenvalue weighted by molar-refractivity contribution is -0.120. The van der Waals surface area contributed by atoms with E-state index in [9.17, 15) is 14.7 Å². The first kappa shape index (κ1) is 24.7. The number of carbonyl (C=O) groups is 2. The Bertz CT molecular complexity index is 1070. The normalized spacial score (nSPS) is 17.9. The molecule has 1 fully saturated rings. The van der Waals surface area contributed by atoms with E-state index in [2.05, 4.69) is 20.5 Å². The Labute approximate surface area is 205 Å². The molecule has 0 radical (unpaired) electrons. The summed E-state index contributed by atoms with van der Waals surface area (Å²) in [4.78, 5) is 38.5. The van der Waals surface area contributed by atoms with Crippen molar-refractivity contribution in [3.8, 4) is 5.75 Å². The highest BCUT2D eigenvalue weighted by molar-refractivity contribution is 6.04. The number of aromatic nitrogens is 2. The standard InChI is InChI=1S/C25H34N6O4/c1-4-19-24(34)30(3)20-15-27-25(29-22(20)31(19)17-8-6-7-9-17)28-18-11-10-16(23(33)26-5-2)14-21(18)35-13-12-32/h10-11,14-15,17,19,32H,4-9,12-13H2,1-3H3,(H,26,33)(H,27,28,29)/t19-/m1/s1. The largest absolute Gasteiger partial charge is 0.489 e. The van der Waals surface area contributed by atoms with Gasteiger partial charge in [-0.3, -0.25) is 9.59 Å². The second kappa shape index (κ2) is 10.9. The van der Waals surface area contributed by atoms with Gasteiger partial charge in [0.25, 0.3) is 5.91 Å². The number of benzene rings is 1. The van der Waals surface area contributed by atoms with Crippen LogP contribution in [0.1, 0.15) is 56.3 Å². The topological polar surface area (TPSA) is 120 Å². The van der Waals surface area contributed by atoms with Crippen molar-refractivity contribution < 1.29 is 19.4 Å². The molecule has 0 unspecified atom stereocenters. The minimum Gasteiger partial charge on any atom is -0.489 e. The fourth-order valence-electron chi connectivity index (χ4n) is 4.87. The van der Waals surface area contributed by atoms with E-state index in [1.54, 1.807) is 36.3 Å². The van der Waals surface area contributed by atoms with Crippen LogP contribution in [-0.4, -0.2) is 65.8 Å². The zero-order chi connectivity index (χ0) is 24.9. The molecule has 2 heterocycles. The van der Waals surface area contributed by atoms with E-state index in [0.717, 1.165) is 31.5 Å². The fraction of sp³-hybridized carbons (Fsp3) is 0.520. The molecular weight excluding hydrogens is 448 g/mol. The van der Waals surface area contributed by atoms with E-state index in [4.69, 9.17) is 9.72 Å². The van der Waals surface area contributed by atoms with Crippen molar-refractivity contribution in [2.45, 2.75) is 58.0 Å². The summed E-state index contributed by atoms with van der Waals surface area (Å²) in [7, 11) is 1.77. The van der Waals surface area contributed by atoms with Crippen LogP contribution in [0.15, 0.2) is 24.4 Å². The molecule has 2 aromatic rings. The van der Waals surface area contributed by atoms with Crippen LogP contribution in [-0.2, 0) is 4.79 Å². The van der Waals surface area contributed by atoms with Crippen molar-refractivity contribution in [2.75, 3.05) is 41.9 Å². The lowest BCUT2D eigenvalue weighted by Gasteiger charge is -2.43. The van der Waals surface area contributed by atoms with E-state index in [-0.39, 0.29) is 37.1 Å². The second-order valence-electron chi connectivity index (χ2n) is 8.84. The lowest BCUT2D eigenvalue weighted by atomic mass is 10.0. The van der Waals surface area contributed by atoms with Gasteiger partial charge in [-0.2, -0.15) is 4.98 Å². The van der Waals surface area contributed by atoms with E-state index in [1.165, 1.54) is 0 Å². The summed E-state index contributed by atoms with van der Waals surface area (Å²) < 4.78 is 5.70. The van der Waals surface area contributed by atoms with Gasteiger partial charge in [-0.1, -0.05) is 19.8 Å². The number of aliphatic hydroxyl groups is 1. The number of ether oxygens (including phenoxy) is 1. The summed E-state index contributed by atoms with van der Waals surface area (Å²) in [6.07, 6.45) is 6.76. The molecule has 1 atom stereocenters. The molecule has 1 aromatic carbocycles. The van der Waals surface area contributed by atoms with Crippen LogP contribution >= 0.6 is 0 Å². The fourth-order valence-corrected chi connectivity index (χ4v) is 4.87. The summed E-state index contributed by atoms with van der Waals surface area (Å²) in [6.45, 7) is 4.33. The van der Waals surface area contributed by atoms with Crippen LogP contribution in [0.2, 0.25) is 0 Å². The minimum atomic E-state index is -0.252. The zero-order valence-electron chi connectivity index (χ0n) is 20.6. The molecule has 35 heavy (non-hydrogen) atoms. The number of amides is 2. The van der Waals surface area contributed by atoms with Gasteiger partial charge < -0.3 is 30.3 Å². The third kappa shape index (κ3) is 5.02. The zero-order valence-corrected chi connectivity index (χ0v) is 20.6. The maximum absolute atomic E-state index is 13.1. The Hall–Kier alpha value is -3.40. The van der Waals surface area contributed by atoms with Gasteiger partial charge in [-0.05, 0) is 44.4 Å². The molecule has 1 aromatic heterocycles. The van der Waals surface area contributed by atoms with Crippen LogP contribution in [0.25, 0.3) is 0 Å². The Balaban J connectivity index is 1.69. The van der Waals surface area contributed by atoms with Crippen LogP contribution in [0.4, 0.5) is 23.1 Å². The Morgan fingerprint density at radius 3 is 2.71 bits per heavy atom. The van der Waals surface area contributed by atoms with E-state index in [1.807, 2.05) is 13.8 Å². The second-order valence-corrected chi connectivity index (χ2v) is 8.84. The summed E-state index contributed by atoms with van der Waals surface area (Å²) in [5.74, 6) is 1.39. The smallest absolute Gasteiger partial charge is 0.251 e. The van der Waals surface area contributed by atoms with Gasteiger partial charge in [-0.15, -0.1) is 0 Å². The number of nitrogens with zero attached hydrogens (tertiary/aromatic N) is 4. The van der Waals surface area contributed by atoms with Crippen molar-refractivity contribution in [1.29, 1.82) is 0 Å². The van der Waals surface area contributed by atoms with Crippen molar-refractivity contribution in [3.05, 3.63) is 30.0 Å². The number of rotatable bonds is 9. The average Bonchev–Trinajstić information content (AvgIpc) is 3.40. The molecule has 1 saturated carbocycles. The van der Waals surface area contributed by atoms with Crippen molar-refractivity contribution >= 4 is 35.0 Å². The number of nitrogens with one attached hydrogen (secondary N) is 2. The Morgan fingerprint density at radius 1 is 1.26 bits per heavy atom. The molecule has 2 aliphatic rings. The number of fused-ring (bicyclic) bond motifs is 1. The van der Waals surface area contributed by atoms with Crippen LogP contribution in [0.3, 0.4) is 0 Å². The molecule has 2 amide bonds. The van der Waals surface area contributed by atoms with Gasteiger partial charge in [-0.25, -0.2) is 4.98 Å². The Morgan fingerprint density at radius 2 is 2.03 bits per heavy atom. The molecule has 10 heteroatoms. The van der Waals surface area contributed by atoms with Gasteiger partial charge in [0.2, 0.25) is 11.9 Å². The predicted molar refractivity (Wildman–Crippen MR) is 135 cm³/mol. The highest BCUT2D eigenvalue weighted by Crippen LogP contribution is 2.40. The first-order chi connectivity index (χ1) is 17.0. The van der Waals surface area contributed by atoms with Crippen LogP contribution in [0.5, 0.6) is 5.75 Å². The van der Waals surface area contributed by atoms with Gasteiger partial charge in [0.05, 0.1) is 18.5 Å². The Kier molecular flexibility index (Phi) is 7.70. The minimum absolute atomic E-state index is 0.0665.